The minimum absolute atomic E-state index is 0.0771. The first-order chi connectivity index (χ1) is 16.0. The highest BCUT2D eigenvalue weighted by Gasteiger charge is 2.14. The number of hydrogen-bond acceptors (Lipinski definition) is 5. The molecule has 0 aliphatic carbocycles. The molecule has 1 amide bonds. The first kappa shape index (κ1) is 24.1. The number of carbonyl (C=O) groups excluding carboxylic acids is 1. The zero-order chi connectivity index (χ0) is 23.6. The smallest absolute Gasteiger partial charge is 0.263 e. The molecule has 1 aromatic heterocycles. The van der Waals surface area contributed by atoms with E-state index in [9.17, 15) is 9.59 Å². The third-order valence-electron chi connectivity index (χ3n) is 5.44. The Kier molecular flexibility index (Phi) is 8.66. The van der Waals surface area contributed by atoms with E-state index < -0.39 is 5.91 Å². The summed E-state index contributed by atoms with van der Waals surface area (Å²) in [5, 5.41) is 2.81. The highest BCUT2D eigenvalue weighted by Crippen LogP contribution is 2.30. The Bertz CT molecular complexity index is 1110. The maximum Gasteiger partial charge on any atom is 0.263 e. The Hall–Kier alpha value is -3.58. The maximum absolute atomic E-state index is 12.9. The number of nitrogens with zero attached hydrogens (tertiary/aromatic N) is 2. The average Bonchev–Trinajstić information content (AvgIpc) is 2.84. The minimum Gasteiger partial charge on any atom is -0.493 e. The van der Waals surface area contributed by atoms with Gasteiger partial charge in [-0.3, -0.25) is 9.59 Å². The monoisotopic (exact) mass is 449 g/mol. The first-order valence-electron chi connectivity index (χ1n) is 11.1. The fourth-order valence-corrected chi connectivity index (χ4v) is 3.50. The van der Waals surface area contributed by atoms with Gasteiger partial charge in [-0.25, -0.2) is 0 Å². The van der Waals surface area contributed by atoms with Gasteiger partial charge in [0.25, 0.3) is 11.5 Å². The summed E-state index contributed by atoms with van der Waals surface area (Å²) in [7, 11) is 1.57. The Morgan fingerprint density at radius 1 is 1.00 bits per heavy atom. The number of aromatic nitrogens is 1. The van der Waals surface area contributed by atoms with Crippen LogP contribution in [0.2, 0.25) is 0 Å². The van der Waals surface area contributed by atoms with E-state index in [0.717, 1.165) is 25.2 Å². The zero-order valence-corrected chi connectivity index (χ0v) is 19.4. The number of anilines is 1. The molecule has 3 aromatic rings. The van der Waals surface area contributed by atoms with Gasteiger partial charge < -0.3 is 24.3 Å². The van der Waals surface area contributed by atoms with Crippen molar-refractivity contribution in [2.45, 2.75) is 20.4 Å². The molecule has 3 rings (SSSR count). The van der Waals surface area contributed by atoms with Crippen molar-refractivity contribution in [3.05, 3.63) is 88.3 Å². The Labute approximate surface area is 194 Å². The lowest BCUT2D eigenvalue weighted by molar-refractivity contribution is 0.102. The van der Waals surface area contributed by atoms with E-state index in [0.29, 0.717) is 30.3 Å². The molecule has 0 unspecified atom stereocenters. The Balaban J connectivity index is 1.73. The number of benzene rings is 2. The van der Waals surface area contributed by atoms with Crippen LogP contribution < -0.4 is 20.3 Å². The van der Waals surface area contributed by atoms with Crippen LogP contribution in [0.25, 0.3) is 0 Å². The standard InChI is InChI=1S/C26H31N3O4/c1-4-28(5-2)16-17-33-24-18-21(13-14-23(24)32-3)27-25(30)22-12-9-15-29(26(22)31)19-20-10-7-6-8-11-20/h6-15,18H,4-5,16-17,19H2,1-3H3,(H,27,30). The third-order valence-corrected chi connectivity index (χ3v) is 5.44. The van der Waals surface area contributed by atoms with Crippen LogP contribution in [0.15, 0.2) is 71.7 Å². The normalized spacial score (nSPS) is 10.8. The Morgan fingerprint density at radius 2 is 1.76 bits per heavy atom. The van der Waals surface area contributed by atoms with Crippen molar-refractivity contribution in [1.82, 2.24) is 9.47 Å². The summed E-state index contributed by atoms with van der Waals surface area (Å²) < 4.78 is 12.8. The Morgan fingerprint density at radius 3 is 2.45 bits per heavy atom. The maximum atomic E-state index is 12.9. The fourth-order valence-electron chi connectivity index (χ4n) is 3.50. The molecule has 0 radical (unpaired) electrons. The molecule has 0 fully saturated rings. The van der Waals surface area contributed by atoms with Gasteiger partial charge in [-0.05, 0) is 42.9 Å². The van der Waals surface area contributed by atoms with E-state index in [1.165, 1.54) is 10.6 Å². The van der Waals surface area contributed by atoms with Gasteiger partial charge in [0.15, 0.2) is 11.5 Å². The van der Waals surface area contributed by atoms with Crippen LogP contribution in [0.1, 0.15) is 29.8 Å². The number of carbonyl (C=O) groups is 1. The molecule has 0 saturated carbocycles. The predicted octanol–water partition coefficient (Wildman–Crippen LogP) is 3.88. The number of ether oxygens (including phenoxy) is 2. The van der Waals surface area contributed by atoms with E-state index in [-0.39, 0.29) is 11.1 Å². The molecule has 2 aromatic carbocycles. The van der Waals surface area contributed by atoms with Gasteiger partial charge >= 0.3 is 0 Å². The van der Waals surface area contributed by atoms with Crippen LogP contribution >= 0.6 is 0 Å². The third kappa shape index (κ3) is 6.46. The van der Waals surface area contributed by atoms with E-state index in [1.807, 2.05) is 30.3 Å². The summed E-state index contributed by atoms with van der Waals surface area (Å²) in [5.74, 6) is 0.649. The predicted molar refractivity (Wildman–Crippen MR) is 130 cm³/mol. The number of likely N-dealkylation sites (N-methyl/N-ethyl adjacent to an activating group) is 1. The summed E-state index contributed by atoms with van der Waals surface area (Å²) in [6.07, 6.45) is 1.68. The van der Waals surface area contributed by atoms with Crippen LogP contribution in [-0.4, -0.2) is 48.7 Å². The SMILES string of the molecule is CCN(CC)CCOc1cc(NC(=O)c2cccn(Cc3ccccc3)c2=O)ccc1OC. The quantitative estimate of drug-likeness (QED) is 0.481. The zero-order valence-electron chi connectivity index (χ0n) is 19.4. The summed E-state index contributed by atoms with van der Waals surface area (Å²) in [6, 6.07) is 18.1. The van der Waals surface area contributed by atoms with Crippen LogP contribution in [0.3, 0.4) is 0 Å². The van der Waals surface area contributed by atoms with Crippen molar-refractivity contribution >= 4 is 11.6 Å². The number of methoxy groups -OCH3 is 1. The van der Waals surface area contributed by atoms with E-state index >= 15 is 0 Å². The van der Waals surface area contributed by atoms with Crippen molar-refractivity contribution in [3.8, 4) is 11.5 Å². The molecule has 7 heteroatoms. The second-order valence-corrected chi connectivity index (χ2v) is 7.54. The van der Waals surface area contributed by atoms with Crippen LogP contribution in [-0.2, 0) is 6.54 Å². The van der Waals surface area contributed by atoms with Crippen molar-refractivity contribution < 1.29 is 14.3 Å². The molecular weight excluding hydrogens is 418 g/mol. The molecule has 0 bridgehead atoms. The molecule has 1 N–H and O–H groups in total. The summed E-state index contributed by atoms with van der Waals surface area (Å²) >= 11 is 0. The molecule has 33 heavy (non-hydrogen) atoms. The fraction of sp³-hybridized carbons (Fsp3) is 0.308. The second kappa shape index (κ2) is 11.9. The molecule has 0 atom stereocenters. The molecule has 1 heterocycles. The lowest BCUT2D eigenvalue weighted by Gasteiger charge is -2.19. The molecule has 0 aliphatic rings. The summed E-state index contributed by atoms with van der Waals surface area (Å²) in [6.45, 7) is 7.80. The van der Waals surface area contributed by atoms with Crippen molar-refractivity contribution in [2.24, 2.45) is 0 Å². The van der Waals surface area contributed by atoms with Crippen molar-refractivity contribution in [1.29, 1.82) is 0 Å². The highest BCUT2D eigenvalue weighted by atomic mass is 16.5. The van der Waals surface area contributed by atoms with Crippen LogP contribution in [0, 0.1) is 0 Å². The molecule has 0 saturated heterocycles. The molecule has 174 valence electrons. The van der Waals surface area contributed by atoms with E-state index in [4.69, 9.17) is 9.47 Å². The molecule has 0 aliphatic heterocycles. The van der Waals surface area contributed by atoms with Crippen molar-refractivity contribution in [2.75, 3.05) is 38.7 Å². The number of hydrogen-bond donors (Lipinski definition) is 1. The number of nitrogens with one attached hydrogen (secondary N) is 1. The molecule has 0 spiro atoms. The van der Waals surface area contributed by atoms with E-state index in [1.54, 1.807) is 37.6 Å². The lowest BCUT2D eigenvalue weighted by Crippen LogP contribution is -2.29. The summed E-state index contributed by atoms with van der Waals surface area (Å²) in [4.78, 5) is 28.0. The van der Waals surface area contributed by atoms with Gasteiger partial charge in [0.05, 0.1) is 13.7 Å². The van der Waals surface area contributed by atoms with Crippen LogP contribution in [0.5, 0.6) is 11.5 Å². The topological polar surface area (TPSA) is 72.8 Å². The minimum atomic E-state index is -0.471. The number of amides is 1. The second-order valence-electron chi connectivity index (χ2n) is 7.54. The number of rotatable bonds is 11. The lowest BCUT2D eigenvalue weighted by atomic mass is 10.2. The van der Waals surface area contributed by atoms with Gasteiger partial charge in [0.2, 0.25) is 0 Å². The van der Waals surface area contributed by atoms with Gasteiger partial charge in [-0.2, -0.15) is 0 Å². The van der Waals surface area contributed by atoms with Gasteiger partial charge in [0, 0.05) is 24.5 Å². The van der Waals surface area contributed by atoms with Gasteiger partial charge in [0.1, 0.15) is 12.2 Å². The van der Waals surface area contributed by atoms with E-state index in [2.05, 4.69) is 24.1 Å². The average molecular weight is 450 g/mol. The number of pyridine rings is 1. The molecular formula is C26H31N3O4. The van der Waals surface area contributed by atoms with Crippen molar-refractivity contribution in [3.63, 3.8) is 0 Å². The van der Waals surface area contributed by atoms with Crippen LogP contribution in [0.4, 0.5) is 5.69 Å². The van der Waals surface area contributed by atoms with Gasteiger partial charge in [-0.15, -0.1) is 0 Å². The van der Waals surface area contributed by atoms with Gasteiger partial charge in [-0.1, -0.05) is 44.2 Å². The molecule has 7 nitrogen and oxygen atoms in total. The summed E-state index contributed by atoms with van der Waals surface area (Å²) in [5.41, 5.74) is 1.24. The first-order valence-corrected chi connectivity index (χ1v) is 11.1. The largest absolute Gasteiger partial charge is 0.493 e. The highest BCUT2D eigenvalue weighted by molar-refractivity contribution is 6.04.